The summed E-state index contributed by atoms with van der Waals surface area (Å²) in [5, 5.41) is 2.23. The lowest BCUT2D eigenvalue weighted by Crippen LogP contribution is -2.24. The van der Waals surface area contributed by atoms with Gasteiger partial charge in [-0.2, -0.15) is 4.99 Å². The van der Waals surface area contributed by atoms with Crippen molar-refractivity contribution in [1.29, 1.82) is 0 Å². The summed E-state index contributed by atoms with van der Waals surface area (Å²) in [6.45, 7) is 1.56. The van der Waals surface area contributed by atoms with E-state index < -0.39 is 11.8 Å². The van der Waals surface area contributed by atoms with Crippen LogP contribution in [-0.4, -0.2) is 17.6 Å². The SMILES string of the molecule is CC1=NC(=O)C(=O)N1. The Labute approximate surface area is 45.6 Å². The number of carbonyl (C=O) groups excluding carboxylic acids is 2. The van der Waals surface area contributed by atoms with E-state index in [1.165, 1.54) is 0 Å². The molecule has 1 aliphatic heterocycles. The third-order valence-corrected chi connectivity index (χ3v) is 0.758. The lowest BCUT2D eigenvalue weighted by molar-refractivity contribution is -0.135. The molecule has 0 aromatic heterocycles. The van der Waals surface area contributed by atoms with Crippen molar-refractivity contribution in [3.8, 4) is 0 Å². The number of nitrogens with zero attached hydrogens (tertiary/aromatic N) is 1. The number of amides is 2. The molecule has 1 N–H and O–H groups in total. The van der Waals surface area contributed by atoms with E-state index in [9.17, 15) is 9.59 Å². The number of nitrogens with one attached hydrogen (secondary N) is 1. The van der Waals surface area contributed by atoms with Crippen LogP contribution in [-0.2, 0) is 9.59 Å². The number of hydrogen-bond donors (Lipinski definition) is 1. The van der Waals surface area contributed by atoms with E-state index in [1.54, 1.807) is 6.92 Å². The molecule has 0 unspecified atom stereocenters. The first kappa shape index (κ1) is 4.96. The van der Waals surface area contributed by atoms with Crippen LogP contribution < -0.4 is 5.32 Å². The Kier molecular flexibility index (Phi) is 0.865. The third-order valence-electron chi connectivity index (χ3n) is 0.758. The Hall–Kier alpha value is -1.19. The number of amidine groups is 1. The largest absolute Gasteiger partial charge is 0.337 e. The van der Waals surface area contributed by atoms with Crippen LogP contribution in [0.5, 0.6) is 0 Å². The molecular weight excluding hydrogens is 108 g/mol. The quantitative estimate of drug-likeness (QED) is 0.411. The zero-order valence-corrected chi connectivity index (χ0v) is 4.26. The van der Waals surface area contributed by atoms with Crippen molar-refractivity contribution in [3.63, 3.8) is 0 Å². The third kappa shape index (κ3) is 0.598. The van der Waals surface area contributed by atoms with E-state index in [1.807, 2.05) is 0 Å². The lowest BCUT2D eigenvalue weighted by Gasteiger charge is -1.82. The highest BCUT2D eigenvalue weighted by atomic mass is 16.2. The Morgan fingerprint density at radius 1 is 1.50 bits per heavy atom. The Balaban J connectivity index is 2.85. The van der Waals surface area contributed by atoms with Crippen LogP contribution in [0.3, 0.4) is 0 Å². The average molecular weight is 112 g/mol. The molecule has 0 radical (unpaired) electrons. The summed E-state index contributed by atoms with van der Waals surface area (Å²) in [5.41, 5.74) is 0. The monoisotopic (exact) mass is 112 g/mol. The van der Waals surface area contributed by atoms with Gasteiger partial charge in [0.25, 0.3) is 0 Å². The maximum Gasteiger partial charge on any atom is 0.337 e. The summed E-state index contributed by atoms with van der Waals surface area (Å²) < 4.78 is 0. The average Bonchev–Trinajstić information content (AvgIpc) is 1.85. The molecule has 4 nitrogen and oxygen atoms in total. The molecule has 0 saturated heterocycles. The van der Waals surface area contributed by atoms with E-state index in [0.29, 0.717) is 5.84 Å². The van der Waals surface area contributed by atoms with Crippen LogP contribution in [0, 0.1) is 0 Å². The van der Waals surface area contributed by atoms with E-state index >= 15 is 0 Å². The van der Waals surface area contributed by atoms with Gasteiger partial charge < -0.3 is 5.32 Å². The van der Waals surface area contributed by atoms with Gasteiger partial charge in [0.05, 0.1) is 0 Å². The lowest BCUT2D eigenvalue weighted by atomic mass is 10.6. The zero-order valence-electron chi connectivity index (χ0n) is 4.26. The van der Waals surface area contributed by atoms with Crippen molar-refractivity contribution in [2.24, 2.45) is 4.99 Å². The number of hydrogen-bond acceptors (Lipinski definition) is 2. The molecule has 0 bridgehead atoms. The summed E-state index contributed by atoms with van der Waals surface area (Å²) in [7, 11) is 0. The minimum atomic E-state index is -0.706. The summed E-state index contributed by atoms with van der Waals surface area (Å²) in [4.78, 5) is 23.7. The normalized spacial score (nSPS) is 18.4. The summed E-state index contributed by atoms with van der Waals surface area (Å²) in [5.74, 6) is -0.968. The smallest absolute Gasteiger partial charge is 0.306 e. The molecule has 2 amide bonds. The highest BCUT2D eigenvalue weighted by Gasteiger charge is 2.19. The van der Waals surface area contributed by atoms with Gasteiger partial charge in [0.2, 0.25) is 0 Å². The van der Waals surface area contributed by atoms with Crippen molar-refractivity contribution in [2.75, 3.05) is 0 Å². The number of rotatable bonds is 0. The molecule has 0 aromatic carbocycles. The standard InChI is InChI=1S/C4H4N2O2/c1-2-5-3(7)4(8)6-2/h1H3,(H,5,6,7,8). The van der Waals surface area contributed by atoms with Gasteiger partial charge in [-0.1, -0.05) is 0 Å². The Morgan fingerprint density at radius 3 is 2.25 bits per heavy atom. The van der Waals surface area contributed by atoms with Gasteiger partial charge in [-0.15, -0.1) is 0 Å². The molecule has 1 heterocycles. The van der Waals surface area contributed by atoms with E-state index in [0.717, 1.165) is 0 Å². The number of carbonyl (C=O) groups is 2. The van der Waals surface area contributed by atoms with Gasteiger partial charge in [0.15, 0.2) is 0 Å². The molecule has 0 atom stereocenters. The fourth-order valence-corrected chi connectivity index (χ4v) is 0.449. The summed E-state index contributed by atoms with van der Waals surface area (Å²) >= 11 is 0. The highest BCUT2D eigenvalue weighted by Crippen LogP contribution is 1.86. The van der Waals surface area contributed by atoms with E-state index in [-0.39, 0.29) is 0 Å². The van der Waals surface area contributed by atoms with E-state index in [4.69, 9.17) is 0 Å². The molecule has 0 spiro atoms. The van der Waals surface area contributed by atoms with Crippen LogP contribution in [0.2, 0.25) is 0 Å². The van der Waals surface area contributed by atoms with Crippen molar-refractivity contribution >= 4 is 17.6 Å². The fourth-order valence-electron chi connectivity index (χ4n) is 0.449. The molecule has 0 aliphatic carbocycles. The second kappa shape index (κ2) is 1.40. The van der Waals surface area contributed by atoms with Crippen molar-refractivity contribution < 1.29 is 9.59 Å². The maximum absolute atomic E-state index is 10.2. The molecule has 8 heavy (non-hydrogen) atoms. The van der Waals surface area contributed by atoms with Gasteiger partial charge in [-0.3, -0.25) is 9.59 Å². The molecule has 4 heteroatoms. The number of aliphatic imine (C=N–C) groups is 1. The molecular formula is C4H4N2O2. The highest BCUT2D eigenvalue weighted by molar-refractivity contribution is 6.43. The summed E-state index contributed by atoms with van der Waals surface area (Å²) in [6, 6.07) is 0. The van der Waals surface area contributed by atoms with Crippen LogP contribution in [0.4, 0.5) is 0 Å². The van der Waals surface area contributed by atoms with Gasteiger partial charge in [0, 0.05) is 0 Å². The van der Waals surface area contributed by atoms with Gasteiger partial charge in [-0.05, 0) is 6.92 Å². The molecule has 42 valence electrons. The van der Waals surface area contributed by atoms with Crippen LogP contribution in [0.1, 0.15) is 6.92 Å². The second-order valence-corrected chi connectivity index (χ2v) is 1.46. The molecule has 1 aliphatic rings. The van der Waals surface area contributed by atoms with Crippen molar-refractivity contribution in [2.45, 2.75) is 6.92 Å². The van der Waals surface area contributed by atoms with Gasteiger partial charge in [0.1, 0.15) is 5.84 Å². The fraction of sp³-hybridized carbons (Fsp3) is 0.250. The van der Waals surface area contributed by atoms with E-state index in [2.05, 4.69) is 10.3 Å². The first-order valence-electron chi connectivity index (χ1n) is 2.11. The van der Waals surface area contributed by atoms with Crippen LogP contribution >= 0.6 is 0 Å². The van der Waals surface area contributed by atoms with Crippen molar-refractivity contribution in [1.82, 2.24) is 5.32 Å². The van der Waals surface area contributed by atoms with Gasteiger partial charge in [-0.25, -0.2) is 0 Å². The molecule has 1 rings (SSSR count). The predicted molar refractivity (Wildman–Crippen MR) is 26.3 cm³/mol. The second-order valence-electron chi connectivity index (χ2n) is 1.46. The first-order chi connectivity index (χ1) is 3.70. The van der Waals surface area contributed by atoms with Crippen LogP contribution in [0.15, 0.2) is 4.99 Å². The van der Waals surface area contributed by atoms with Crippen molar-refractivity contribution in [3.05, 3.63) is 0 Å². The minimum Gasteiger partial charge on any atom is -0.306 e. The summed E-state index contributed by atoms with van der Waals surface area (Å²) in [6.07, 6.45) is 0. The first-order valence-corrected chi connectivity index (χ1v) is 2.11. The topological polar surface area (TPSA) is 58.5 Å². The zero-order chi connectivity index (χ0) is 6.15. The predicted octanol–water partition coefficient (Wildman–Crippen LogP) is -0.939. The van der Waals surface area contributed by atoms with Gasteiger partial charge >= 0.3 is 11.8 Å². The Bertz CT molecular complexity index is 182. The molecule has 0 fully saturated rings. The molecule has 0 aromatic rings. The Morgan fingerprint density at radius 2 is 2.12 bits per heavy atom. The molecule has 0 saturated carbocycles. The minimum absolute atomic E-state index is 0.375. The van der Waals surface area contributed by atoms with Crippen LogP contribution in [0.25, 0.3) is 0 Å². The maximum atomic E-state index is 10.2.